The summed E-state index contributed by atoms with van der Waals surface area (Å²) in [5.74, 6) is 0. The average Bonchev–Trinajstić information content (AvgIpc) is 2.54. The van der Waals surface area contributed by atoms with Gasteiger partial charge in [0.15, 0.2) is 0 Å². The zero-order valence-corrected chi connectivity index (χ0v) is 12.2. The van der Waals surface area contributed by atoms with Gasteiger partial charge in [-0.1, -0.05) is 43.7 Å². The Bertz CT molecular complexity index is 752. The second kappa shape index (κ2) is 6.02. The molecule has 0 saturated heterocycles. The minimum atomic E-state index is -0.131. The summed E-state index contributed by atoms with van der Waals surface area (Å²) in [6.45, 7) is 2.19. The van der Waals surface area contributed by atoms with Crippen molar-refractivity contribution in [3.63, 3.8) is 0 Å². The van der Waals surface area contributed by atoms with Gasteiger partial charge in [-0.3, -0.25) is 9.97 Å². The molecule has 0 amide bonds. The number of benzene rings is 2. The predicted octanol–water partition coefficient (Wildman–Crippen LogP) is 3.63. The Morgan fingerprint density at radius 1 is 0.952 bits per heavy atom. The third-order valence-electron chi connectivity index (χ3n) is 3.70. The highest BCUT2D eigenvalue weighted by Gasteiger charge is 2.10. The van der Waals surface area contributed by atoms with Crippen LogP contribution in [0.1, 0.15) is 36.1 Å². The average molecular weight is 277 g/mol. The zero-order valence-electron chi connectivity index (χ0n) is 12.2. The van der Waals surface area contributed by atoms with Gasteiger partial charge in [-0.15, -0.1) is 0 Å². The van der Waals surface area contributed by atoms with Gasteiger partial charge in [0.25, 0.3) is 0 Å². The van der Waals surface area contributed by atoms with Crippen LogP contribution < -0.4 is 5.73 Å². The Labute approximate surface area is 124 Å². The molecule has 2 aromatic carbocycles. The van der Waals surface area contributed by atoms with Crippen LogP contribution in [0, 0.1) is 0 Å². The van der Waals surface area contributed by atoms with Crippen LogP contribution in [-0.4, -0.2) is 9.97 Å². The molecule has 3 rings (SSSR count). The van der Waals surface area contributed by atoms with Gasteiger partial charge in [0, 0.05) is 12.4 Å². The fourth-order valence-corrected chi connectivity index (χ4v) is 2.60. The molecule has 0 aliphatic carbocycles. The maximum atomic E-state index is 6.42. The van der Waals surface area contributed by atoms with Crippen LogP contribution in [-0.2, 0) is 6.42 Å². The second-order valence-corrected chi connectivity index (χ2v) is 5.28. The van der Waals surface area contributed by atoms with E-state index in [1.807, 2.05) is 18.2 Å². The lowest BCUT2D eigenvalue weighted by atomic mass is 9.96. The first-order valence-electron chi connectivity index (χ1n) is 7.33. The molecule has 1 heterocycles. The Kier molecular flexibility index (Phi) is 3.93. The predicted molar refractivity (Wildman–Crippen MR) is 86.0 cm³/mol. The van der Waals surface area contributed by atoms with Crippen molar-refractivity contribution in [1.29, 1.82) is 0 Å². The molecule has 0 saturated carbocycles. The summed E-state index contributed by atoms with van der Waals surface area (Å²) >= 11 is 0. The van der Waals surface area contributed by atoms with E-state index in [0.29, 0.717) is 0 Å². The maximum Gasteiger partial charge on any atom is 0.0890 e. The maximum absolute atomic E-state index is 6.42. The summed E-state index contributed by atoms with van der Waals surface area (Å²) in [6.07, 6.45) is 5.64. The molecule has 2 N–H and O–H groups in total. The van der Waals surface area contributed by atoms with Gasteiger partial charge >= 0.3 is 0 Å². The van der Waals surface area contributed by atoms with E-state index in [-0.39, 0.29) is 6.04 Å². The van der Waals surface area contributed by atoms with E-state index >= 15 is 0 Å². The molecule has 0 fully saturated rings. The Morgan fingerprint density at radius 3 is 2.52 bits per heavy atom. The van der Waals surface area contributed by atoms with Crippen molar-refractivity contribution in [3.8, 4) is 0 Å². The minimum Gasteiger partial charge on any atom is -0.320 e. The van der Waals surface area contributed by atoms with Gasteiger partial charge in [0.2, 0.25) is 0 Å². The third-order valence-corrected chi connectivity index (χ3v) is 3.70. The van der Waals surface area contributed by atoms with Gasteiger partial charge < -0.3 is 5.73 Å². The molecule has 0 aliphatic heterocycles. The number of hydrogen-bond acceptors (Lipinski definition) is 3. The van der Waals surface area contributed by atoms with Crippen LogP contribution in [0.3, 0.4) is 0 Å². The normalized spacial score (nSPS) is 12.5. The highest BCUT2D eigenvalue weighted by molar-refractivity contribution is 5.74. The summed E-state index contributed by atoms with van der Waals surface area (Å²) in [5.41, 5.74) is 11.8. The quantitative estimate of drug-likeness (QED) is 0.792. The van der Waals surface area contributed by atoms with Crippen molar-refractivity contribution in [2.75, 3.05) is 0 Å². The Balaban J connectivity index is 1.95. The van der Waals surface area contributed by atoms with Crippen molar-refractivity contribution in [1.82, 2.24) is 9.97 Å². The Hall–Kier alpha value is -2.26. The third kappa shape index (κ3) is 2.93. The molecule has 0 spiro atoms. The fourth-order valence-electron chi connectivity index (χ4n) is 2.60. The molecule has 3 heteroatoms. The van der Waals surface area contributed by atoms with Crippen molar-refractivity contribution in [2.24, 2.45) is 5.73 Å². The summed E-state index contributed by atoms with van der Waals surface area (Å²) in [4.78, 5) is 8.64. The first-order chi connectivity index (χ1) is 10.3. The van der Waals surface area contributed by atoms with Crippen LogP contribution >= 0.6 is 0 Å². The van der Waals surface area contributed by atoms with Crippen molar-refractivity contribution in [2.45, 2.75) is 25.8 Å². The van der Waals surface area contributed by atoms with Gasteiger partial charge in [0.05, 0.1) is 17.1 Å². The topological polar surface area (TPSA) is 51.8 Å². The molecule has 0 aliphatic rings. The number of rotatable bonds is 4. The second-order valence-electron chi connectivity index (χ2n) is 5.28. The van der Waals surface area contributed by atoms with E-state index in [2.05, 4.69) is 41.2 Å². The van der Waals surface area contributed by atoms with Gasteiger partial charge in [-0.05, 0) is 35.2 Å². The number of hydrogen-bond donors (Lipinski definition) is 1. The largest absolute Gasteiger partial charge is 0.320 e. The first-order valence-corrected chi connectivity index (χ1v) is 7.33. The van der Waals surface area contributed by atoms with Gasteiger partial charge in [-0.25, -0.2) is 0 Å². The van der Waals surface area contributed by atoms with Gasteiger partial charge in [0.1, 0.15) is 0 Å². The molecular formula is C18H19N3. The standard InChI is InChI=1S/C18H19N3/c1-2-4-13-5-3-6-14(11-13)18(19)15-7-8-16-17(12-15)21-10-9-20-16/h3,5-12,18H,2,4,19H2,1H3. The summed E-state index contributed by atoms with van der Waals surface area (Å²) in [5, 5.41) is 0. The summed E-state index contributed by atoms with van der Waals surface area (Å²) in [6, 6.07) is 14.4. The number of aromatic nitrogens is 2. The molecule has 21 heavy (non-hydrogen) atoms. The lowest BCUT2D eigenvalue weighted by Gasteiger charge is -2.14. The highest BCUT2D eigenvalue weighted by Crippen LogP contribution is 2.23. The summed E-state index contributed by atoms with van der Waals surface area (Å²) < 4.78 is 0. The SMILES string of the molecule is CCCc1cccc(C(N)c2ccc3nccnc3c2)c1. The van der Waals surface area contributed by atoms with Crippen LogP contribution in [0.15, 0.2) is 54.9 Å². The molecule has 3 nitrogen and oxygen atoms in total. The van der Waals surface area contributed by atoms with Crippen molar-refractivity contribution >= 4 is 11.0 Å². The van der Waals surface area contributed by atoms with Crippen LogP contribution in [0.2, 0.25) is 0 Å². The van der Waals surface area contributed by atoms with E-state index < -0.39 is 0 Å². The molecule has 106 valence electrons. The highest BCUT2D eigenvalue weighted by atomic mass is 14.8. The number of nitrogens with two attached hydrogens (primary N) is 1. The fraction of sp³-hybridized carbons (Fsp3) is 0.222. The van der Waals surface area contributed by atoms with Crippen molar-refractivity contribution in [3.05, 3.63) is 71.5 Å². The van der Waals surface area contributed by atoms with Crippen LogP contribution in [0.4, 0.5) is 0 Å². The van der Waals surface area contributed by atoms with Crippen LogP contribution in [0.5, 0.6) is 0 Å². The monoisotopic (exact) mass is 277 g/mol. The molecule has 1 unspecified atom stereocenters. The smallest absolute Gasteiger partial charge is 0.0890 e. The zero-order chi connectivity index (χ0) is 14.7. The Morgan fingerprint density at radius 2 is 1.71 bits per heavy atom. The first kappa shape index (κ1) is 13.7. The van der Waals surface area contributed by atoms with E-state index in [0.717, 1.165) is 35.0 Å². The number of aryl methyl sites for hydroxylation is 1. The molecule has 1 aromatic heterocycles. The van der Waals surface area contributed by atoms with E-state index in [9.17, 15) is 0 Å². The minimum absolute atomic E-state index is 0.131. The molecular weight excluding hydrogens is 258 g/mol. The lowest BCUT2D eigenvalue weighted by Crippen LogP contribution is -2.12. The lowest BCUT2D eigenvalue weighted by molar-refractivity contribution is 0.859. The molecule has 1 atom stereocenters. The van der Waals surface area contributed by atoms with Crippen LogP contribution in [0.25, 0.3) is 11.0 Å². The van der Waals surface area contributed by atoms with E-state index in [1.54, 1.807) is 12.4 Å². The summed E-state index contributed by atoms with van der Waals surface area (Å²) in [7, 11) is 0. The van der Waals surface area contributed by atoms with E-state index in [4.69, 9.17) is 5.73 Å². The molecule has 0 radical (unpaired) electrons. The molecule has 0 bridgehead atoms. The number of fused-ring (bicyclic) bond motifs is 1. The van der Waals surface area contributed by atoms with Gasteiger partial charge in [-0.2, -0.15) is 0 Å². The molecule has 3 aromatic rings. The number of nitrogens with zero attached hydrogens (tertiary/aromatic N) is 2. The van der Waals surface area contributed by atoms with E-state index in [1.165, 1.54) is 5.56 Å². The van der Waals surface area contributed by atoms with Crippen molar-refractivity contribution < 1.29 is 0 Å².